The van der Waals surface area contributed by atoms with Crippen molar-refractivity contribution in [3.05, 3.63) is 34.5 Å². The number of aryl methyl sites for hydroxylation is 1. The standard InChI is InChI=1S/C10H9BrS2/c11-6-5-8-3-4-10(13-8)9-2-1-7-12-9/h1-4,7H,5-6H2. The second kappa shape index (κ2) is 4.40. The van der Waals surface area contributed by atoms with Crippen LogP contribution in [0.4, 0.5) is 0 Å². The highest BCUT2D eigenvalue weighted by molar-refractivity contribution is 9.09. The Morgan fingerprint density at radius 2 is 2.08 bits per heavy atom. The molecule has 0 fully saturated rings. The van der Waals surface area contributed by atoms with E-state index in [0.717, 1.165) is 11.8 Å². The summed E-state index contributed by atoms with van der Waals surface area (Å²) in [6.07, 6.45) is 1.13. The summed E-state index contributed by atoms with van der Waals surface area (Å²) >= 11 is 7.16. The van der Waals surface area contributed by atoms with Crippen molar-refractivity contribution in [3.8, 4) is 9.75 Å². The Labute approximate surface area is 94.4 Å². The molecule has 2 aromatic heterocycles. The van der Waals surface area contributed by atoms with Gasteiger partial charge < -0.3 is 0 Å². The molecule has 3 heteroatoms. The number of alkyl halides is 1. The first kappa shape index (κ1) is 9.44. The second-order valence-electron chi connectivity index (χ2n) is 2.68. The molecule has 0 aromatic carbocycles. The van der Waals surface area contributed by atoms with Crippen LogP contribution in [-0.4, -0.2) is 5.33 Å². The lowest BCUT2D eigenvalue weighted by atomic mass is 10.3. The predicted octanol–water partition coefficient (Wildman–Crippen LogP) is 4.41. The predicted molar refractivity (Wildman–Crippen MR) is 65.1 cm³/mol. The summed E-state index contributed by atoms with van der Waals surface area (Å²) in [6.45, 7) is 0. The zero-order chi connectivity index (χ0) is 9.10. The van der Waals surface area contributed by atoms with Gasteiger partial charge in [-0.15, -0.1) is 22.7 Å². The maximum Gasteiger partial charge on any atom is 0.0445 e. The van der Waals surface area contributed by atoms with Crippen LogP contribution >= 0.6 is 38.6 Å². The van der Waals surface area contributed by atoms with Crippen LogP contribution in [0, 0.1) is 0 Å². The normalized spacial score (nSPS) is 10.5. The van der Waals surface area contributed by atoms with E-state index in [9.17, 15) is 0 Å². The average Bonchev–Trinajstić information content (AvgIpc) is 2.70. The van der Waals surface area contributed by atoms with E-state index in [1.54, 1.807) is 11.3 Å². The van der Waals surface area contributed by atoms with Crippen molar-refractivity contribution in [2.24, 2.45) is 0 Å². The molecule has 0 aliphatic heterocycles. The first-order valence-corrected chi connectivity index (χ1v) is 6.90. The molecule has 0 atom stereocenters. The Kier molecular flexibility index (Phi) is 3.19. The van der Waals surface area contributed by atoms with Gasteiger partial charge >= 0.3 is 0 Å². The maximum absolute atomic E-state index is 3.45. The fraction of sp³-hybridized carbons (Fsp3) is 0.200. The summed E-state index contributed by atoms with van der Waals surface area (Å²) in [5.74, 6) is 0. The lowest BCUT2D eigenvalue weighted by Gasteiger charge is -1.89. The number of halogens is 1. The van der Waals surface area contributed by atoms with Gasteiger partial charge in [-0.05, 0) is 30.0 Å². The van der Waals surface area contributed by atoms with E-state index in [-0.39, 0.29) is 0 Å². The molecule has 2 aromatic rings. The Bertz CT molecular complexity index is 362. The summed E-state index contributed by atoms with van der Waals surface area (Å²) in [6, 6.07) is 8.72. The monoisotopic (exact) mass is 272 g/mol. The third-order valence-electron chi connectivity index (χ3n) is 1.77. The van der Waals surface area contributed by atoms with Crippen LogP contribution in [0.25, 0.3) is 9.75 Å². The van der Waals surface area contributed by atoms with Crippen molar-refractivity contribution in [1.29, 1.82) is 0 Å². The van der Waals surface area contributed by atoms with E-state index in [0.29, 0.717) is 0 Å². The number of hydrogen-bond acceptors (Lipinski definition) is 2. The molecule has 0 nitrogen and oxygen atoms in total. The van der Waals surface area contributed by atoms with Gasteiger partial charge in [0.25, 0.3) is 0 Å². The number of hydrogen-bond donors (Lipinski definition) is 0. The van der Waals surface area contributed by atoms with E-state index in [1.165, 1.54) is 14.6 Å². The van der Waals surface area contributed by atoms with Crippen LogP contribution in [0.3, 0.4) is 0 Å². The average molecular weight is 273 g/mol. The topological polar surface area (TPSA) is 0 Å². The minimum Gasteiger partial charge on any atom is -0.143 e. The first-order valence-electron chi connectivity index (χ1n) is 4.08. The van der Waals surface area contributed by atoms with Crippen LogP contribution in [0.5, 0.6) is 0 Å². The molecule has 0 aliphatic carbocycles. The Balaban J connectivity index is 2.23. The van der Waals surface area contributed by atoms with Gasteiger partial charge in [-0.2, -0.15) is 0 Å². The van der Waals surface area contributed by atoms with Gasteiger partial charge in [0.1, 0.15) is 0 Å². The van der Waals surface area contributed by atoms with E-state index in [2.05, 4.69) is 45.6 Å². The third kappa shape index (κ3) is 2.22. The minimum absolute atomic E-state index is 1.05. The summed E-state index contributed by atoms with van der Waals surface area (Å²) in [5.41, 5.74) is 0. The molecule has 0 saturated heterocycles. The van der Waals surface area contributed by atoms with Gasteiger partial charge in [0.15, 0.2) is 0 Å². The van der Waals surface area contributed by atoms with Crippen LogP contribution < -0.4 is 0 Å². The van der Waals surface area contributed by atoms with Gasteiger partial charge in [0.2, 0.25) is 0 Å². The second-order valence-corrected chi connectivity index (χ2v) is 5.59. The zero-order valence-electron chi connectivity index (χ0n) is 7.00. The highest BCUT2D eigenvalue weighted by Crippen LogP contribution is 2.31. The van der Waals surface area contributed by atoms with Gasteiger partial charge in [-0.1, -0.05) is 22.0 Å². The lowest BCUT2D eigenvalue weighted by Crippen LogP contribution is -1.76. The van der Waals surface area contributed by atoms with Crippen molar-refractivity contribution >= 4 is 38.6 Å². The van der Waals surface area contributed by atoms with Crippen LogP contribution in [0.2, 0.25) is 0 Å². The van der Waals surface area contributed by atoms with E-state index >= 15 is 0 Å². The summed E-state index contributed by atoms with van der Waals surface area (Å²) < 4.78 is 0. The summed E-state index contributed by atoms with van der Waals surface area (Å²) in [4.78, 5) is 4.23. The molecule has 0 spiro atoms. The zero-order valence-corrected chi connectivity index (χ0v) is 10.2. The highest BCUT2D eigenvalue weighted by atomic mass is 79.9. The molecule has 0 saturated carbocycles. The fourth-order valence-electron chi connectivity index (χ4n) is 1.16. The molecule has 13 heavy (non-hydrogen) atoms. The van der Waals surface area contributed by atoms with Crippen molar-refractivity contribution in [1.82, 2.24) is 0 Å². The van der Waals surface area contributed by atoms with Crippen LogP contribution in [-0.2, 0) is 6.42 Å². The quantitative estimate of drug-likeness (QED) is 0.726. The van der Waals surface area contributed by atoms with E-state index < -0.39 is 0 Å². The molecule has 0 amide bonds. The molecule has 2 heterocycles. The Morgan fingerprint density at radius 3 is 2.77 bits per heavy atom. The van der Waals surface area contributed by atoms with Crippen LogP contribution in [0.1, 0.15) is 4.88 Å². The Hall–Kier alpha value is -0.120. The molecule has 0 aliphatic rings. The van der Waals surface area contributed by atoms with Crippen LogP contribution in [0.15, 0.2) is 29.6 Å². The Morgan fingerprint density at radius 1 is 1.15 bits per heavy atom. The maximum atomic E-state index is 3.45. The van der Waals surface area contributed by atoms with Crippen molar-refractivity contribution in [2.75, 3.05) is 5.33 Å². The third-order valence-corrected chi connectivity index (χ3v) is 4.37. The number of rotatable bonds is 3. The van der Waals surface area contributed by atoms with Gasteiger partial charge in [0.05, 0.1) is 0 Å². The molecule has 0 N–H and O–H groups in total. The summed E-state index contributed by atoms with van der Waals surface area (Å²) in [5, 5.41) is 3.18. The molecule has 0 unspecified atom stereocenters. The smallest absolute Gasteiger partial charge is 0.0445 e. The van der Waals surface area contributed by atoms with E-state index in [4.69, 9.17) is 0 Å². The molecule has 0 bridgehead atoms. The first-order chi connectivity index (χ1) is 6.40. The molecule has 2 rings (SSSR count). The van der Waals surface area contributed by atoms with Gasteiger partial charge in [-0.25, -0.2) is 0 Å². The van der Waals surface area contributed by atoms with Crippen molar-refractivity contribution in [3.63, 3.8) is 0 Å². The van der Waals surface area contributed by atoms with Crippen molar-refractivity contribution < 1.29 is 0 Å². The molecule has 0 radical (unpaired) electrons. The lowest BCUT2D eigenvalue weighted by molar-refractivity contribution is 1.22. The van der Waals surface area contributed by atoms with Crippen molar-refractivity contribution in [2.45, 2.75) is 6.42 Å². The highest BCUT2D eigenvalue weighted by Gasteiger charge is 2.02. The SMILES string of the molecule is BrCCc1ccc(-c2cccs2)s1. The summed E-state index contributed by atoms with van der Waals surface area (Å²) in [7, 11) is 0. The molecular weight excluding hydrogens is 264 g/mol. The molecular formula is C10H9BrS2. The number of thiophene rings is 2. The van der Waals surface area contributed by atoms with E-state index in [1.807, 2.05) is 11.3 Å². The van der Waals surface area contributed by atoms with Gasteiger partial charge in [0, 0.05) is 20.0 Å². The molecule has 68 valence electrons. The van der Waals surface area contributed by atoms with Gasteiger partial charge in [-0.3, -0.25) is 0 Å². The largest absolute Gasteiger partial charge is 0.143 e. The minimum atomic E-state index is 1.05. The fourth-order valence-corrected chi connectivity index (χ4v) is 3.69.